The van der Waals surface area contributed by atoms with Crippen LogP contribution in [0.3, 0.4) is 0 Å². The number of hydrogen-bond donors (Lipinski definition) is 1. The Morgan fingerprint density at radius 1 is 1.50 bits per heavy atom. The molecule has 5 nitrogen and oxygen atoms in total. The molecule has 2 heterocycles. The van der Waals surface area contributed by atoms with E-state index in [1.165, 1.54) is 0 Å². The number of anilines is 1. The predicted molar refractivity (Wildman–Crippen MR) is 72.3 cm³/mol. The molecule has 18 heavy (non-hydrogen) atoms. The molecule has 0 fully saturated rings. The number of ether oxygens (including phenoxy) is 1. The van der Waals surface area contributed by atoms with E-state index >= 15 is 0 Å². The molecule has 0 saturated carbocycles. The van der Waals surface area contributed by atoms with Crippen molar-refractivity contribution < 1.29 is 4.74 Å². The zero-order valence-corrected chi connectivity index (χ0v) is 11.3. The highest BCUT2D eigenvalue weighted by Gasteiger charge is 2.11. The number of aromatic nitrogens is 3. The lowest BCUT2D eigenvalue weighted by molar-refractivity contribution is 0.184. The Hall–Kier alpha value is -1.33. The Morgan fingerprint density at radius 2 is 2.33 bits per heavy atom. The van der Waals surface area contributed by atoms with Crippen LogP contribution in [-0.2, 0) is 4.74 Å². The lowest BCUT2D eigenvalue weighted by atomic mass is 10.2. The summed E-state index contributed by atoms with van der Waals surface area (Å²) in [6.07, 6.45) is 2.38. The molecule has 0 aliphatic carbocycles. The number of hydrogen-bond acceptors (Lipinski definition) is 4. The van der Waals surface area contributed by atoms with Gasteiger partial charge in [0, 0.05) is 13.0 Å². The largest absolute Gasteiger partial charge is 0.383 e. The molecule has 0 bridgehead atoms. The van der Waals surface area contributed by atoms with Crippen molar-refractivity contribution in [3.05, 3.63) is 24.0 Å². The summed E-state index contributed by atoms with van der Waals surface area (Å²) in [6, 6.07) is 4.20. The number of halogens is 1. The van der Waals surface area contributed by atoms with Gasteiger partial charge in [0.1, 0.15) is 12.1 Å². The van der Waals surface area contributed by atoms with Crippen LogP contribution in [-0.4, -0.2) is 40.2 Å². The second kappa shape index (κ2) is 6.02. The molecule has 0 aliphatic rings. The van der Waals surface area contributed by atoms with Crippen molar-refractivity contribution in [3.8, 4) is 0 Å². The predicted octanol–water partition coefficient (Wildman–Crippen LogP) is 2.09. The zero-order valence-electron chi connectivity index (χ0n) is 10.6. The van der Waals surface area contributed by atoms with Crippen LogP contribution in [0, 0.1) is 6.92 Å². The van der Waals surface area contributed by atoms with E-state index in [9.17, 15) is 0 Å². The fourth-order valence-corrected chi connectivity index (χ4v) is 2.16. The van der Waals surface area contributed by atoms with Gasteiger partial charge in [0.25, 0.3) is 0 Å². The van der Waals surface area contributed by atoms with Crippen molar-refractivity contribution >= 4 is 23.1 Å². The van der Waals surface area contributed by atoms with E-state index in [-0.39, 0.29) is 6.04 Å². The van der Waals surface area contributed by atoms with Crippen molar-refractivity contribution in [2.45, 2.75) is 19.4 Å². The van der Waals surface area contributed by atoms with E-state index in [4.69, 9.17) is 16.3 Å². The molecule has 1 atom stereocenters. The summed E-state index contributed by atoms with van der Waals surface area (Å²) in [6.45, 7) is 2.64. The average Bonchev–Trinajstić information content (AvgIpc) is 2.77. The van der Waals surface area contributed by atoms with E-state index in [1.54, 1.807) is 18.0 Å². The Labute approximate surface area is 111 Å². The molecule has 0 spiro atoms. The maximum Gasteiger partial charge on any atom is 0.157 e. The van der Waals surface area contributed by atoms with Crippen molar-refractivity contribution in [2.75, 3.05) is 24.9 Å². The van der Waals surface area contributed by atoms with Gasteiger partial charge in [0.2, 0.25) is 0 Å². The zero-order chi connectivity index (χ0) is 13.0. The van der Waals surface area contributed by atoms with Crippen molar-refractivity contribution in [2.24, 2.45) is 0 Å². The van der Waals surface area contributed by atoms with Gasteiger partial charge in [-0.25, -0.2) is 4.98 Å². The van der Waals surface area contributed by atoms with Gasteiger partial charge >= 0.3 is 0 Å². The second-order valence-electron chi connectivity index (χ2n) is 4.22. The summed E-state index contributed by atoms with van der Waals surface area (Å²) >= 11 is 5.80. The lowest BCUT2D eigenvalue weighted by Crippen LogP contribution is -2.26. The summed E-state index contributed by atoms with van der Waals surface area (Å²) in [7, 11) is 1.68. The van der Waals surface area contributed by atoms with Crippen LogP contribution in [0.1, 0.15) is 12.0 Å². The minimum atomic E-state index is 0.168. The normalized spacial score (nSPS) is 12.8. The van der Waals surface area contributed by atoms with Gasteiger partial charge < -0.3 is 10.1 Å². The number of fused-ring (bicyclic) bond motifs is 1. The number of alkyl halides is 1. The molecule has 0 aromatic carbocycles. The van der Waals surface area contributed by atoms with Gasteiger partial charge in [-0.15, -0.1) is 11.6 Å². The van der Waals surface area contributed by atoms with Crippen LogP contribution >= 0.6 is 11.6 Å². The molecular formula is C12H17ClN4O. The molecule has 0 saturated heterocycles. The van der Waals surface area contributed by atoms with Gasteiger partial charge in [0.15, 0.2) is 5.65 Å². The molecular weight excluding hydrogens is 252 g/mol. The number of pyridine rings is 1. The summed E-state index contributed by atoms with van der Waals surface area (Å²) in [5.41, 5.74) is 1.97. The minimum absolute atomic E-state index is 0.168. The first kappa shape index (κ1) is 13.1. The third-order valence-electron chi connectivity index (χ3n) is 2.70. The molecule has 1 unspecified atom stereocenters. The molecule has 2 aromatic rings. The molecule has 1 N–H and O–H groups in total. The first-order valence-corrected chi connectivity index (χ1v) is 6.40. The topological polar surface area (TPSA) is 51.5 Å². The van der Waals surface area contributed by atoms with E-state index in [1.807, 2.05) is 19.1 Å². The van der Waals surface area contributed by atoms with Crippen LogP contribution in [0.2, 0.25) is 0 Å². The van der Waals surface area contributed by atoms with Crippen LogP contribution in [0.15, 0.2) is 18.5 Å². The maximum atomic E-state index is 5.80. The molecule has 98 valence electrons. The maximum absolute atomic E-state index is 5.80. The Kier molecular flexibility index (Phi) is 4.38. The Balaban J connectivity index is 2.26. The highest BCUT2D eigenvalue weighted by Crippen LogP contribution is 2.15. The summed E-state index contributed by atoms with van der Waals surface area (Å²) in [5.74, 6) is 1.50. The Bertz CT molecular complexity index is 508. The average molecular weight is 269 g/mol. The highest BCUT2D eigenvalue weighted by molar-refractivity contribution is 6.17. The summed E-state index contributed by atoms with van der Waals surface area (Å²) < 4.78 is 6.97. The van der Waals surface area contributed by atoms with E-state index < -0.39 is 0 Å². The van der Waals surface area contributed by atoms with Gasteiger partial charge in [-0.1, -0.05) is 0 Å². The van der Waals surface area contributed by atoms with Gasteiger partial charge in [-0.2, -0.15) is 9.61 Å². The van der Waals surface area contributed by atoms with Crippen LogP contribution in [0.25, 0.3) is 5.65 Å². The minimum Gasteiger partial charge on any atom is -0.383 e. The van der Waals surface area contributed by atoms with Gasteiger partial charge in [-0.05, 0) is 31.0 Å². The molecule has 6 heteroatoms. The van der Waals surface area contributed by atoms with E-state index in [2.05, 4.69) is 15.4 Å². The van der Waals surface area contributed by atoms with Gasteiger partial charge in [0.05, 0.1) is 12.6 Å². The standard InChI is InChI=1S/C12H17ClN4O/c1-9-5-11-14-8-15-17(11)12(6-9)16-10(3-4-13)7-18-2/h5-6,8,10,16H,3-4,7H2,1-2H3. The molecule has 2 aromatic heterocycles. The number of rotatable bonds is 6. The third-order valence-corrected chi connectivity index (χ3v) is 2.92. The fourth-order valence-electron chi connectivity index (χ4n) is 1.90. The quantitative estimate of drug-likeness (QED) is 0.815. The van der Waals surface area contributed by atoms with E-state index in [0.717, 1.165) is 23.4 Å². The first-order valence-electron chi connectivity index (χ1n) is 5.86. The first-order chi connectivity index (χ1) is 8.74. The second-order valence-corrected chi connectivity index (χ2v) is 4.60. The van der Waals surface area contributed by atoms with Gasteiger partial charge in [-0.3, -0.25) is 0 Å². The van der Waals surface area contributed by atoms with Crippen LogP contribution in [0.5, 0.6) is 0 Å². The molecule has 0 radical (unpaired) electrons. The lowest BCUT2D eigenvalue weighted by Gasteiger charge is -2.18. The summed E-state index contributed by atoms with van der Waals surface area (Å²) in [4.78, 5) is 4.19. The number of methoxy groups -OCH3 is 1. The monoisotopic (exact) mass is 268 g/mol. The Morgan fingerprint density at radius 3 is 3.06 bits per heavy atom. The van der Waals surface area contributed by atoms with E-state index in [0.29, 0.717) is 12.5 Å². The van der Waals surface area contributed by atoms with Crippen molar-refractivity contribution in [1.82, 2.24) is 14.6 Å². The molecule has 0 aliphatic heterocycles. The fraction of sp³-hybridized carbons (Fsp3) is 0.500. The van der Waals surface area contributed by atoms with Crippen molar-refractivity contribution in [1.29, 1.82) is 0 Å². The smallest absolute Gasteiger partial charge is 0.157 e. The molecule has 2 rings (SSSR count). The molecule has 0 amide bonds. The summed E-state index contributed by atoms with van der Waals surface area (Å²) in [5, 5.41) is 7.60. The number of nitrogens with zero attached hydrogens (tertiary/aromatic N) is 3. The number of nitrogens with one attached hydrogen (secondary N) is 1. The SMILES string of the molecule is COCC(CCCl)Nc1cc(C)cc2ncnn12. The van der Waals surface area contributed by atoms with Crippen molar-refractivity contribution in [3.63, 3.8) is 0 Å². The van der Waals surface area contributed by atoms with Crippen LogP contribution < -0.4 is 5.32 Å². The van der Waals surface area contributed by atoms with Crippen LogP contribution in [0.4, 0.5) is 5.82 Å². The highest BCUT2D eigenvalue weighted by atomic mass is 35.5. The third kappa shape index (κ3) is 2.91. The number of aryl methyl sites for hydroxylation is 1.